The van der Waals surface area contributed by atoms with Crippen LogP contribution >= 0.6 is 0 Å². The van der Waals surface area contributed by atoms with E-state index in [9.17, 15) is 9.59 Å². The van der Waals surface area contributed by atoms with Gasteiger partial charge in [0.15, 0.2) is 0 Å². The molecule has 1 aromatic carbocycles. The number of carbonyl (C=O) groups excluding carboxylic acids is 2. The van der Waals surface area contributed by atoms with Gasteiger partial charge in [-0.1, -0.05) is 6.58 Å². The maximum Gasteiger partial charge on any atom is 0.265 e. The predicted octanol–water partition coefficient (Wildman–Crippen LogP) is 1.60. The molecule has 1 aromatic rings. The van der Waals surface area contributed by atoms with Crippen molar-refractivity contribution in [3.63, 3.8) is 0 Å². The van der Waals surface area contributed by atoms with Crippen LogP contribution in [0.4, 0.5) is 5.69 Å². The molecule has 0 atom stereocenters. The van der Waals surface area contributed by atoms with Gasteiger partial charge in [-0.05, 0) is 18.2 Å². The molecule has 0 spiro atoms. The minimum atomic E-state index is -0.365. The highest BCUT2D eigenvalue weighted by Gasteiger charge is 2.33. The van der Waals surface area contributed by atoms with Gasteiger partial charge in [0.05, 0.1) is 12.8 Å². The second-order valence-corrected chi connectivity index (χ2v) is 3.52. The number of hydrogen-bond acceptors (Lipinski definition) is 3. The number of hydrogen-bond donors (Lipinski definition) is 0. The predicted molar refractivity (Wildman–Crippen MR) is 60.2 cm³/mol. The van der Waals surface area contributed by atoms with Gasteiger partial charge in [0, 0.05) is 18.1 Å². The molecule has 0 aromatic heterocycles. The number of methoxy groups -OCH3 is 1. The standard InChI is InChI=1S/C12H11NO3/c1-7-10-6-9(16-3)4-5-11(10)13(8(2)14)12(7)15/h4-6H,1H2,2-3H3. The quantitative estimate of drug-likeness (QED) is 0.671. The first-order chi connectivity index (χ1) is 7.56. The molecule has 2 rings (SSSR count). The summed E-state index contributed by atoms with van der Waals surface area (Å²) in [5.41, 5.74) is 1.55. The largest absolute Gasteiger partial charge is 0.497 e. The Morgan fingerprint density at radius 1 is 1.44 bits per heavy atom. The third-order valence-electron chi connectivity index (χ3n) is 2.55. The van der Waals surface area contributed by atoms with Crippen LogP contribution in [0, 0.1) is 0 Å². The third-order valence-corrected chi connectivity index (χ3v) is 2.55. The van der Waals surface area contributed by atoms with E-state index in [1.807, 2.05) is 0 Å². The van der Waals surface area contributed by atoms with Crippen molar-refractivity contribution < 1.29 is 14.3 Å². The lowest BCUT2D eigenvalue weighted by molar-refractivity contribution is -0.122. The average Bonchev–Trinajstić information content (AvgIpc) is 2.51. The normalized spacial score (nSPS) is 14.0. The highest BCUT2D eigenvalue weighted by atomic mass is 16.5. The number of ether oxygens (including phenoxy) is 1. The molecule has 0 bridgehead atoms. The van der Waals surface area contributed by atoms with Crippen LogP contribution in [-0.4, -0.2) is 18.9 Å². The molecular formula is C12H11NO3. The molecule has 0 saturated heterocycles. The Balaban J connectivity index is 2.60. The van der Waals surface area contributed by atoms with Crippen molar-refractivity contribution in [1.29, 1.82) is 0 Å². The van der Waals surface area contributed by atoms with Crippen molar-refractivity contribution in [3.05, 3.63) is 30.3 Å². The van der Waals surface area contributed by atoms with E-state index in [1.165, 1.54) is 6.92 Å². The molecule has 1 heterocycles. The van der Waals surface area contributed by atoms with Crippen molar-refractivity contribution >= 4 is 23.1 Å². The summed E-state index contributed by atoms with van der Waals surface area (Å²) < 4.78 is 5.06. The summed E-state index contributed by atoms with van der Waals surface area (Å²) in [5.74, 6) is -0.0380. The van der Waals surface area contributed by atoms with Crippen LogP contribution in [0.1, 0.15) is 12.5 Å². The molecule has 0 fully saturated rings. The highest BCUT2D eigenvalue weighted by Crippen LogP contribution is 2.37. The fourth-order valence-electron chi connectivity index (χ4n) is 1.75. The molecule has 4 heteroatoms. The van der Waals surface area contributed by atoms with E-state index in [2.05, 4.69) is 6.58 Å². The van der Waals surface area contributed by atoms with Gasteiger partial charge in [0.25, 0.3) is 5.91 Å². The molecule has 2 amide bonds. The van der Waals surface area contributed by atoms with E-state index in [-0.39, 0.29) is 11.8 Å². The lowest BCUT2D eigenvalue weighted by Crippen LogP contribution is -2.30. The molecule has 0 aliphatic carbocycles. The number of anilines is 1. The summed E-state index contributed by atoms with van der Waals surface area (Å²) in [6.07, 6.45) is 0. The Labute approximate surface area is 93.1 Å². The molecule has 1 aliphatic rings. The van der Waals surface area contributed by atoms with Crippen LogP contribution in [-0.2, 0) is 9.59 Å². The minimum Gasteiger partial charge on any atom is -0.497 e. The molecule has 1 aliphatic heterocycles. The molecule has 4 nitrogen and oxygen atoms in total. The molecule has 82 valence electrons. The van der Waals surface area contributed by atoms with E-state index >= 15 is 0 Å². The Bertz CT molecular complexity index is 505. The van der Waals surface area contributed by atoms with Crippen molar-refractivity contribution in [2.75, 3.05) is 12.0 Å². The van der Waals surface area contributed by atoms with E-state index in [0.29, 0.717) is 22.6 Å². The number of benzene rings is 1. The van der Waals surface area contributed by atoms with Crippen molar-refractivity contribution in [3.8, 4) is 5.75 Å². The van der Waals surface area contributed by atoms with Crippen LogP contribution in [0.5, 0.6) is 5.75 Å². The van der Waals surface area contributed by atoms with Gasteiger partial charge in [-0.2, -0.15) is 0 Å². The maximum absolute atomic E-state index is 11.8. The molecule has 16 heavy (non-hydrogen) atoms. The van der Waals surface area contributed by atoms with Crippen LogP contribution in [0.2, 0.25) is 0 Å². The van der Waals surface area contributed by atoms with Gasteiger partial charge < -0.3 is 4.74 Å². The Hall–Kier alpha value is -2.10. The Morgan fingerprint density at radius 2 is 2.12 bits per heavy atom. The van der Waals surface area contributed by atoms with Gasteiger partial charge >= 0.3 is 0 Å². The number of carbonyl (C=O) groups is 2. The Kier molecular flexibility index (Phi) is 2.27. The summed E-state index contributed by atoms with van der Waals surface area (Å²) in [6.45, 7) is 5.04. The Morgan fingerprint density at radius 3 is 2.69 bits per heavy atom. The van der Waals surface area contributed by atoms with Gasteiger partial charge in [-0.25, -0.2) is 4.90 Å². The van der Waals surface area contributed by atoms with E-state index in [0.717, 1.165) is 4.90 Å². The smallest absolute Gasteiger partial charge is 0.265 e. The highest BCUT2D eigenvalue weighted by molar-refractivity contribution is 6.39. The fraction of sp³-hybridized carbons (Fsp3) is 0.167. The number of fused-ring (bicyclic) bond motifs is 1. The summed E-state index contributed by atoms with van der Waals surface area (Å²) in [7, 11) is 1.55. The van der Waals surface area contributed by atoms with Crippen molar-refractivity contribution in [2.24, 2.45) is 0 Å². The monoisotopic (exact) mass is 217 g/mol. The molecular weight excluding hydrogens is 206 g/mol. The second kappa shape index (κ2) is 3.48. The van der Waals surface area contributed by atoms with E-state index in [4.69, 9.17) is 4.74 Å². The summed E-state index contributed by atoms with van der Waals surface area (Å²) in [6, 6.07) is 5.10. The topological polar surface area (TPSA) is 46.6 Å². The van der Waals surface area contributed by atoms with Crippen molar-refractivity contribution in [2.45, 2.75) is 6.92 Å². The number of rotatable bonds is 1. The lowest BCUT2D eigenvalue weighted by atomic mass is 10.1. The second-order valence-electron chi connectivity index (χ2n) is 3.52. The molecule has 0 unspecified atom stereocenters. The first-order valence-corrected chi connectivity index (χ1v) is 4.78. The van der Waals surface area contributed by atoms with E-state index in [1.54, 1.807) is 25.3 Å². The van der Waals surface area contributed by atoms with Crippen LogP contribution in [0.3, 0.4) is 0 Å². The van der Waals surface area contributed by atoms with Gasteiger partial charge in [-0.3, -0.25) is 9.59 Å². The minimum absolute atomic E-state index is 0.310. The zero-order chi connectivity index (χ0) is 11.9. The SMILES string of the molecule is C=C1C(=O)N(C(C)=O)c2ccc(OC)cc21. The number of amides is 2. The first-order valence-electron chi connectivity index (χ1n) is 4.78. The maximum atomic E-state index is 11.8. The number of imide groups is 1. The van der Waals surface area contributed by atoms with Crippen molar-refractivity contribution in [1.82, 2.24) is 0 Å². The summed E-state index contributed by atoms with van der Waals surface area (Å²) >= 11 is 0. The van der Waals surface area contributed by atoms with Gasteiger partial charge in [-0.15, -0.1) is 0 Å². The van der Waals surface area contributed by atoms with Gasteiger partial charge in [0.1, 0.15) is 5.75 Å². The van der Waals surface area contributed by atoms with Crippen LogP contribution in [0.15, 0.2) is 24.8 Å². The average molecular weight is 217 g/mol. The molecule has 0 N–H and O–H groups in total. The molecule has 0 radical (unpaired) electrons. The fourth-order valence-corrected chi connectivity index (χ4v) is 1.75. The van der Waals surface area contributed by atoms with Crippen LogP contribution < -0.4 is 9.64 Å². The first kappa shape index (κ1) is 10.4. The zero-order valence-corrected chi connectivity index (χ0v) is 9.11. The zero-order valence-electron chi connectivity index (χ0n) is 9.11. The molecule has 0 saturated carbocycles. The van der Waals surface area contributed by atoms with E-state index < -0.39 is 0 Å². The van der Waals surface area contributed by atoms with Crippen LogP contribution in [0.25, 0.3) is 5.57 Å². The summed E-state index contributed by atoms with van der Waals surface area (Å²) in [4.78, 5) is 24.2. The third kappa shape index (κ3) is 1.31. The summed E-state index contributed by atoms with van der Waals surface area (Å²) in [5, 5.41) is 0. The van der Waals surface area contributed by atoms with Gasteiger partial charge in [0.2, 0.25) is 5.91 Å². The lowest BCUT2D eigenvalue weighted by Gasteiger charge is -2.12. The number of nitrogens with zero attached hydrogens (tertiary/aromatic N) is 1.